The van der Waals surface area contributed by atoms with Gasteiger partial charge in [0, 0.05) is 11.3 Å². The molecule has 3 aromatic rings. The first-order valence-corrected chi connectivity index (χ1v) is 8.95. The molecule has 0 aliphatic heterocycles. The van der Waals surface area contributed by atoms with Crippen LogP contribution in [0.1, 0.15) is 15.9 Å². The summed E-state index contributed by atoms with van der Waals surface area (Å²) in [6, 6.07) is 14.8. The van der Waals surface area contributed by atoms with E-state index in [0.29, 0.717) is 34.3 Å². The van der Waals surface area contributed by atoms with Crippen molar-refractivity contribution in [3.63, 3.8) is 0 Å². The Balaban J connectivity index is 1.74. The maximum atomic E-state index is 12.7. The minimum atomic E-state index is -0.314. The van der Waals surface area contributed by atoms with Crippen molar-refractivity contribution in [3.8, 4) is 17.2 Å². The largest absolute Gasteiger partial charge is 0.493 e. The molecule has 7 nitrogen and oxygen atoms in total. The van der Waals surface area contributed by atoms with E-state index in [0.717, 1.165) is 11.3 Å². The van der Waals surface area contributed by atoms with Crippen LogP contribution in [0.5, 0.6) is 17.2 Å². The number of carbonyl (C=O) groups excluding carboxylic acids is 1. The van der Waals surface area contributed by atoms with Crippen molar-refractivity contribution >= 4 is 23.1 Å². The maximum Gasteiger partial charge on any atom is 0.255 e. The van der Waals surface area contributed by atoms with E-state index in [1.165, 1.54) is 21.3 Å². The first kappa shape index (κ1) is 20.0. The molecule has 2 N–H and O–H groups in total. The van der Waals surface area contributed by atoms with Gasteiger partial charge in [-0.3, -0.25) is 4.79 Å². The van der Waals surface area contributed by atoms with E-state index in [-0.39, 0.29) is 5.91 Å². The van der Waals surface area contributed by atoms with Gasteiger partial charge in [-0.25, -0.2) is 4.98 Å². The number of rotatable bonds is 7. The molecule has 150 valence electrons. The van der Waals surface area contributed by atoms with E-state index < -0.39 is 0 Å². The number of pyridine rings is 1. The van der Waals surface area contributed by atoms with Crippen LogP contribution in [0.2, 0.25) is 0 Å². The van der Waals surface area contributed by atoms with Gasteiger partial charge in [-0.2, -0.15) is 0 Å². The molecule has 0 saturated carbocycles. The summed E-state index contributed by atoms with van der Waals surface area (Å²) in [6.45, 7) is 2.03. The molecule has 0 bridgehead atoms. The lowest BCUT2D eigenvalue weighted by atomic mass is 10.1. The molecule has 1 amide bonds. The van der Waals surface area contributed by atoms with Gasteiger partial charge < -0.3 is 24.8 Å². The van der Waals surface area contributed by atoms with Gasteiger partial charge in [-0.05, 0) is 48.9 Å². The fraction of sp³-hybridized carbons (Fsp3) is 0.182. The molecule has 0 aliphatic rings. The highest BCUT2D eigenvalue weighted by Gasteiger charge is 2.17. The van der Waals surface area contributed by atoms with Crippen LogP contribution in [0.15, 0.2) is 54.7 Å². The molecule has 0 atom stereocenters. The third-order valence-electron chi connectivity index (χ3n) is 4.24. The molecule has 0 saturated heterocycles. The van der Waals surface area contributed by atoms with Crippen LogP contribution >= 0.6 is 0 Å². The predicted octanol–water partition coefficient (Wildman–Crippen LogP) is 4.41. The molecule has 0 radical (unpaired) electrons. The summed E-state index contributed by atoms with van der Waals surface area (Å²) in [7, 11) is 4.52. The summed E-state index contributed by atoms with van der Waals surface area (Å²) < 4.78 is 15.9. The number of hydrogen-bond acceptors (Lipinski definition) is 6. The summed E-state index contributed by atoms with van der Waals surface area (Å²) in [5.41, 5.74) is 3.05. The summed E-state index contributed by atoms with van der Waals surface area (Å²) in [6.07, 6.45) is 1.59. The van der Waals surface area contributed by atoms with Crippen molar-refractivity contribution in [1.29, 1.82) is 0 Å². The van der Waals surface area contributed by atoms with E-state index in [4.69, 9.17) is 14.2 Å². The summed E-state index contributed by atoms with van der Waals surface area (Å²) in [4.78, 5) is 17.0. The molecule has 2 aromatic carbocycles. The number of amides is 1. The molecule has 3 rings (SSSR count). The standard InChI is InChI=1S/C22H23N3O4/c1-14-6-5-7-16(10-14)24-20-9-8-17(13-23-20)25-22(26)15-11-18(27-2)21(29-4)19(12-15)28-3/h5-13H,1-4H3,(H,23,24)(H,25,26). The van der Waals surface area contributed by atoms with Gasteiger partial charge in [0.2, 0.25) is 5.75 Å². The molecule has 1 aromatic heterocycles. The Morgan fingerprint density at radius 1 is 0.897 bits per heavy atom. The van der Waals surface area contributed by atoms with Gasteiger partial charge in [0.25, 0.3) is 5.91 Å². The fourth-order valence-corrected chi connectivity index (χ4v) is 2.83. The lowest BCUT2D eigenvalue weighted by Gasteiger charge is -2.14. The molecular weight excluding hydrogens is 370 g/mol. The number of methoxy groups -OCH3 is 3. The van der Waals surface area contributed by atoms with Crippen LogP contribution in [0, 0.1) is 6.92 Å². The predicted molar refractivity (Wildman–Crippen MR) is 113 cm³/mol. The zero-order valence-electron chi connectivity index (χ0n) is 16.8. The molecule has 29 heavy (non-hydrogen) atoms. The highest BCUT2D eigenvalue weighted by atomic mass is 16.5. The second-order valence-corrected chi connectivity index (χ2v) is 6.29. The highest BCUT2D eigenvalue weighted by Crippen LogP contribution is 2.38. The van der Waals surface area contributed by atoms with E-state index in [1.54, 1.807) is 30.5 Å². The van der Waals surface area contributed by atoms with Crippen LogP contribution < -0.4 is 24.8 Å². The number of ether oxygens (including phenoxy) is 3. The van der Waals surface area contributed by atoms with Gasteiger partial charge in [0.1, 0.15) is 5.82 Å². The Hall–Kier alpha value is -3.74. The number of hydrogen-bond donors (Lipinski definition) is 2. The first-order valence-electron chi connectivity index (χ1n) is 8.95. The lowest BCUT2D eigenvalue weighted by molar-refractivity contribution is 0.102. The van der Waals surface area contributed by atoms with Crippen LogP contribution in [-0.2, 0) is 0 Å². The third-order valence-corrected chi connectivity index (χ3v) is 4.24. The third kappa shape index (κ3) is 4.76. The number of aromatic nitrogens is 1. The topological polar surface area (TPSA) is 81.7 Å². The van der Waals surface area contributed by atoms with Crippen LogP contribution in [0.3, 0.4) is 0 Å². The van der Waals surface area contributed by atoms with Crippen molar-refractivity contribution in [3.05, 3.63) is 65.9 Å². The number of nitrogens with zero attached hydrogens (tertiary/aromatic N) is 1. The van der Waals surface area contributed by atoms with Crippen molar-refractivity contribution < 1.29 is 19.0 Å². The van der Waals surface area contributed by atoms with E-state index in [1.807, 2.05) is 31.2 Å². The van der Waals surface area contributed by atoms with Crippen molar-refractivity contribution in [2.75, 3.05) is 32.0 Å². The minimum Gasteiger partial charge on any atom is -0.493 e. The zero-order chi connectivity index (χ0) is 20.8. The Labute approximate surface area is 169 Å². The monoisotopic (exact) mass is 393 g/mol. The summed E-state index contributed by atoms with van der Waals surface area (Å²) >= 11 is 0. The number of benzene rings is 2. The Morgan fingerprint density at radius 2 is 1.62 bits per heavy atom. The first-order chi connectivity index (χ1) is 14.0. The molecule has 1 heterocycles. The SMILES string of the molecule is COc1cc(C(=O)Nc2ccc(Nc3cccc(C)c3)nc2)cc(OC)c1OC. The Bertz CT molecular complexity index is 978. The number of aryl methyl sites for hydroxylation is 1. The molecule has 7 heteroatoms. The maximum absolute atomic E-state index is 12.7. The zero-order valence-corrected chi connectivity index (χ0v) is 16.8. The average Bonchev–Trinajstić information content (AvgIpc) is 2.74. The highest BCUT2D eigenvalue weighted by molar-refractivity contribution is 6.05. The quantitative estimate of drug-likeness (QED) is 0.619. The molecule has 0 fully saturated rings. The number of anilines is 3. The van der Waals surface area contributed by atoms with E-state index in [9.17, 15) is 4.79 Å². The molecule has 0 aliphatic carbocycles. The second kappa shape index (κ2) is 8.97. The van der Waals surface area contributed by atoms with Gasteiger partial charge in [0.15, 0.2) is 11.5 Å². The summed E-state index contributed by atoms with van der Waals surface area (Å²) in [5.74, 6) is 1.62. The molecular formula is C22H23N3O4. The normalized spacial score (nSPS) is 10.2. The van der Waals surface area contributed by atoms with E-state index >= 15 is 0 Å². The number of carbonyl (C=O) groups is 1. The van der Waals surface area contributed by atoms with Crippen LogP contribution in [-0.4, -0.2) is 32.2 Å². The number of nitrogens with one attached hydrogen (secondary N) is 2. The van der Waals surface area contributed by atoms with Crippen molar-refractivity contribution in [2.45, 2.75) is 6.92 Å². The van der Waals surface area contributed by atoms with Gasteiger partial charge in [-0.15, -0.1) is 0 Å². The van der Waals surface area contributed by atoms with Crippen molar-refractivity contribution in [2.24, 2.45) is 0 Å². The van der Waals surface area contributed by atoms with Gasteiger partial charge >= 0.3 is 0 Å². The summed E-state index contributed by atoms with van der Waals surface area (Å²) in [5, 5.41) is 6.05. The van der Waals surface area contributed by atoms with Gasteiger partial charge in [0.05, 0.1) is 33.2 Å². The lowest BCUT2D eigenvalue weighted by Crippen LogP contribution is -2.13. The van der Waals surface area contributed by atoms with Crippen LogP contribution in [0.25, 0.3) is 0 Å². The smallest absolute Gasteiger partial charge is 0.255 e. The molecule has 0 spiro atoms. The Morgan fingerprint density at radius 3 is 2.17 bits per heavy atom. The van der Waals surface area contributed by atoms with Gasteiger partial charge in [-0.1, -0.05) is 12.1 Å². The second-order valence-electron chi connectivity index (χ2n) is 6.29. The Kier molecular flexibility index (Phi) is 6.19. The van der Waals surface area contributed by atoms with E-state index in [2.05, 4.69) is 15.6 Å². The average molecular weight is 393 g/mol. The van der Waals surface area contributed by atoms with Crippen molar-refractivity contribution in [1.82, 2.24) is 4.98 Å². The minimum absolute atomic E-state index is 0.314. The van der Waals surface area contributed by atoms with Crippen LogP contribution in [0.4, 0.5) is 17.2 Å². The fourth-order valence-electron chi connectivity index (χ4n) is 2.83. The molecule has 0 unspecified atom stereocenters.